The van der Waals surface area contributed by atoms with Gasteiger partial charge in [0, 0.05) is 12.1 Å². The molecule has 0 heterocycles. The number of carbonyl (C=O) groups excluding carboxylic acids is 2. The molecule has 0 radical (unpaired) electrons. The molecule has 0 aromatic heterocycles. The molecular weight excluding hydrogens is 614 g/mol. The van der Waals surface area contributed by atoms with Crippen LogP contribution in [0.5, 0.6) is 0 Å². The maximum atomic E-state index is 13.9. The molecule has 0 unspecified atom stereocenters. The average Bonchev–Trinajstić information content (AvgIpc) is 2.90. The molecule has 1 N–H and O–H groups in total. The summed E-state index contributed by atoms with van der Waals surface area (Å²) in [6, 6.07) is 14.2. The van der Waals surface area contributed by atoms with E-state index in [9.17, 15) is 31.2 Å². The van der Waals surface area contributed by atoms with Crippen molar-refractivity contribution in [2.45, 2.75) is 56.9 Å². The van der Waals surface area contributed by atoms with Crippen LogP contribution in [0.25, 0.3) is 0 Å². The molecule has 0 bridgehead atoms. The van der Waals surface area contributed by atoms with Crippen molar-refractivity contribution in [1.82, 2.24) is 10.2 Å². The van der Waals surface area contributed by atoms with Crippen molar-refractivity contribution in [3.63, 3.8) is 0 Å². The Balaban J connectivity index is 2.10. The van der Waals surface area contributed by atoms with Gasteiger partial charge in [0.25, 0.3) is 10.0 Å². The summed E-state index contributed by atoms with van der Waals surface area (Å²) < 4.78 is 68.8. The third-order valence-corrected chi connectivity index (χ3v) is 8.60. The van der Waals surface area contributed by atoms with Crippen molar-refractivity contribution in [1.29, 1.82) is 0 Å². The molecule has 3 aromatic carbocycles. The monoisotopic (exact) mass is 643 g/mol. The van der Waals surface area contributed by atoms with Crippen LogP contribution in [0.15, 0.2) is 77.7 Å². The van der Waals surface area contributed by atoms with Crippen LogP contribution in [0.1, 0.15) is 38.8 Å². The zero-order valence-electron chi connectivity index (χ0n) is 23.2. The summed E-state index contributed by atoms with van der Waals surface area (Å²) in [5.41, 5.74) is -1.62. The second-order valence-electron chi connectivity index (χ2n) is 10.6. The standard InChI is InChI=1S/C29H30Cl2F3N3O4S/c1-19(27(39)35-28(2,3)4)36(17-20-13-14-24(30)25(31)15-20)26(38)18-37(42(40,41)23-11-6-5-7-12-23)22-10-8-9-21(16-22)29(32,33)34/h5-16,19H,17-18H2,1-4H3,(H,35,39)/t19-/m0/s1. The first-order chi connectivity index (χ1) is 19.4. The Morgan fingerprint density at radius 3 is 2.12 bits per heavy atom. The first-order valence-corrected chi connectivity index (χ1v) is 14.9. The van der Waals surface area contributed by atoms with Crippen LogP contribution in [-0.4, -0.2) is 43.3 Å². The van der Waals surface area contributed by atoms with Crippen LogP contribution in [0.2, 0.25) is 10.0 Å². The van der Waals surface area contributed by atoms with E-state index in [1.807, 2.05) is 0 Å². The molecule has 0 fully saturated rings. The summed E-state index contributed by atoms with van der Waals surface area (Å²) >= 11 is 12.2. The second kappa shape index (κ2) is 12.9. The van der Waals surface area contributed by atoms with E-state index in [0.29, 0.717) is 15.9 Å². The van der Waals surface area contributed by atoms with Crippen LogP contribution in [0, 0.1) is 0 Å². The van der Waals surface area contributed by atoms with E-state index in [1.165, 1.54) is 49.4 Å². The number of carbonyl (C=O) groups is 2. The highest BCUT2D eigenvalue weighted by atomic mass is 35.5. The summed E-state index contributed by atoms with van der Waals surface area (Å²) in [7, 11) is -4.53. The predicted molar refractivity (Wildman–Crippen MR) is 157 cm³/mol. The number of hydrogen-bond donors (Lipinski definition) is 1. The molecule has 0 aliphatic rings. The maximum absolute atomic E-state index is 13.9. The molecule has 0 aliphatic carbocycles. The fourth-order valence-electron chi connectivity index (χ4n) is 3.98. The molecule has 1 atom stereocenters. The number of hydrogen-bond acceptors (Lipinski definition) is 4. The third-order valence-electron chi connectivity index (χ3n) is 6.07. The number of rotatable bonds is 9. The SMILES string of the molecule is C[C@@H](C(=O)NC(C)(C)C)N(Cc1ccc(Cl)c(Cl)c1)C(=O)CN(c1cccc(C(F)(F)F)c1)S(=O)(=O)c1ccccc1. The van der Waals surface area contributed by atoms with Gasteiger partial charge in [-0.05, 0) is 75.7 Å². The van der Waals surface area contributed by atoms with Crippen molar-refractivity contribution >= 4 is 50.7 Å². The number of alkyl halides is 3. The molecule has 13 heteroatoms. The molecule has 3 aromatic rings. The first-order valence-electron chi connectivity index (χ1n) is 12.7. The van der Waals surface area contributed by atoms with Crippen LogP contribution < -0.4 is 9.62 Å². The number of benzene rings is 3. The molecule has 0 spiro atoms. The molecule has 7 nitrogen and oxygen atoms in total. The van der Waals surface area contributed by atoms with E-state index in [4.69, 9.17) is 23.2 Å². The first kappa shape index (κ1) is 33.2. The normalized spacial score (nSPS) is 12.9. The molecular formula is C29H30Cl2F3N3O4S. The Morgan fingerprint density at radius 2 is 1.55 bits per heavy atom. The van der Waals surface area contributed by atoms with E-state index in [1.54, 1.807) is 32.9 Å². The number of anilines is 1. The van der Waals surface area contributed by atoms with E-state index in [2.05, 4.69) is 5.32 Å². The number of halogens is 5. The van der Waals surface area contributed by atoms with E-state index >= 15 is 0 Å². The van der Waals surface area contributed by atoms with Crippen molar-refractivity contribution in [3.05, 3.63) is 94.0 Å². The van der Waals surface area contributed by atoms with Gasteiger partial charge in [-0.2, -0.15) is 13.2 Å². The highest BCUT2D eigenvalue weighted by Crippen LogP contribution is 2.33. The van der Waals surface area contributed by atoms with Gasteiger partial charge in [0.2, 0.25) is 11.8 Å². The topological polar surface area (TPSA) is 86.8 Å². The minimum Gasteiger partial charge on any atom is -0.350 e. The smallest absolute Gasteiger partial charge is 0.350 e. The van der Waals surface area contributed by atoms with E-state index < -0.39 is 51.7 Å². The Hall–Kier alpha value is -3.28. The van der Waals surface area contributed by atoms with Gasteiger partial charge in [-0.3, -0.25) is 13.9 Å². The van der Waals surface area contributed by atoms with Gasteiger partial charge in [0.05, 0.1) is 26.2 Å². The lowest BCUT2D eigenvalue weighted by Crippen LogP contribution is -2.54. The number of sulfonamides is 1. The lowest BCUT2D eigenvalue weighted by Gasteiger charge is -2.33. The fraction of sp³-hybridized carbons (Fsp3) is 0.310. The van der Waals surface area contributed by atoms with Crippen LogP contribution in [0.4, 0.5) is 18.9 Å². The summed E-state index contributed by atoms with van der Waals surface area (Å²) in [4.78, 5) is 28.0. The minimum atomic E-state index is -4.76. The van der Waals surface area contributed by atoms with Gasteiger partial charge in [-0.25, -0.2) is 8.42 Å². The van der Waals surface area contributed by atoms with Crippen LogP contribution in [0.3, 0.4) is 0 Å². The lowest BCUT2D eigenvalue weighted by atomic mass is 10.1. The van der Waals surface area contributed by atoms with Gasteiger partial charge >= 0.3 is 6.18 Å². The van der Waals surface area contributed by atoms with Gasteiger partial charge in [-0.1, -0.05) is 53.5 Å². The molecule has 226 valence electrons. The summed E-state index contributed by atoms with van der Waals surface area (Å²) in [5, 5.41) is 3.25. The van der Waals surface area contributed by atoms with Crippen molar-refractivity contribution in [2.75, 3.05) is 10.8 Å². The molecule has 0 aliphatic heterocycles. The highest BCUT2D eigenvalue weighted by Gasteiger charge is 2.35. The summed E-state index contributed by atoms with van der Waals surface area (Å²) in [6.07, 6.45) is -4.76. The second-order valence-corrected chi connectivity index (χ2v) is 13.2. The Morgan fingerprint density at radius 1 is 0.905 bits per heavy atom. The summed E-state index contributed by atoms with van der Waals surface area (Å²) in [6.45, 7) is 5.67. The van der Waals surface area contributed by atoms with Gasteiger partial charge in [-0.15, -0.1) is 0 Å². The fourth-order valence-corrected chi connectivity index (χ4v) is 5.72. The quantitative estimate of drug-likeness (QED) is 0.287. The average molecular weight is 645 g/mol. The maximum Gasteiger partial charge on any atom is 0.416 e. The lowest BCUT2D eigenvalue weighted by molar-refractivity contribution is -0.140. The van der Waals surface area contributed by atoms with Crippen molar-refractivity contribution < 1.29 is 31.2 Å². The molecule has 3 rings (SSSR count). The minimum absolute atomic E-state index is 0.170. The van der Waals surface area contributed by atoms with Crippen LogP contribution in [-0.2, 0) is 32.3 Å². The van der Waals surface area contributed by atoms with E-state index in [-0.39, 0.29) is 27.2 Å². The Labute approximate surface area is 253 Å². The largest absolute Gasteiger partial charge is 0.416 e. The Bertz CT molecular complexity index is 1550. The number of amides is 2. The number of nitrogens with one attached hydrogen (secondary N) is 1. The molecule has 42 heavy (non-hydrogen) atoms. The van der Waals surface area contributed by atoms with Gasteiger partial charge < -0.3 is 10.2 Å². The van der Waals surface area contributed by atoms with Crippen molar-refractivity contribution in [2.24, 2.45) is 0 Å². The molecule has 0 saturated heterocycles. The van der Waals surface area contributed by atoms with E-state index in [0.717, 1.165) is 17.0 Å². The van der Waals surface area contributed by atoms with Crippen LogP contribution >= 0.6 is 23.2 Å². The molecule has 2 amide bonds. The third kappa shape index (κ3) is 8.39. The Kier molecular flexibility index (Phi) is 10.2. The highest BCUT2D eigenvalue weighted by molar-refractivity contribution is 7.92. The van der Waals surface area contributed by atoms with Gasteiger partial charge in [0.15, 0.2) is 0 Å². The zero-order valence-corrected chi connectivity index (χ0v) is 25.6. The van der Waals surface area contributed by atoms with Crippen molar-refractivity contribution in [3.8, 4) is 0 Å². The predicted octanol–water partition coefficient (Wildman–Crippen LogP) is 6.54. The number of nitrogens with zero attached hydrogens (tertiary/aromatic N) is 2. The zero-order chi connectivity index (χ0) is 31.5. The summed E-state index contributed by atoms with van der Waals surface area (Å²) in [5.74, 6) is -1.36. The molecule has 0 saturated carbocycles. The van der Waals surface area contributed by atoms with Gasteiger partial charge in [0.1, 0.15) is 12.6 Å².